The van der Waals surface area contributed by atoms with Gasteiger partial charge >= 0.3 is 5.97 Å². The molecule has 0 aliphatic carbocycles. The van der Waals surface area contributed by atoms with Crippen molar-refractivity contribution in [3.8, 4) is 0 Å². The van der Waals surface area contributed by atoms with Gasteiger partial charge in [0.2, 0.25) is 0 Å². The lowest BCUT2D eigenvalue weighted by molar-refractivity contribution is -0.137. The predicted octanol–water partition coefficient (Wildman–Crippen LogP) is 1.55. The number of carbonyl (C=O) groups is 2. The number of imidazole rings is 1. The van der Waals surface area contributed by atoms with Gasteiger partial charge in [0, 0.05) is 12.1 Å². The number of carboxylic acid groups (broad SMARTS) is 1. The Kier molecular flexibility index (Phi) is 3.96. The van der Waals surface area contributed by atoms with E-state index in [-0.39, 0.29) is 24.7 Å². The van der Waals surface area contributed by atoms with Crippen molar-refractivity contribution >= 4 is 28.9 Å². The van der Waals surface area contributed by atoms with Crippen LogP contribution in [-0.4, -0.2) is 36.5 Å². The number of rotatable bonds is 5. The maximum atomic E-state index is 12.2. The molecule has 3 aromatic rings. The minimum Gasteiger partial charge on any atom is -0.481 e. The van der Waals surface area contributed by atoms with Gasteiger partial charge in [0.05, 0.1) is 12.7 Å². The molecule has 0 spiro atoms. The largest absolute Gasteiger partial charge is 0.481 e. The third kappa shape index (κ3) is 3.15. The van der Waals surface area contributed by atoms with Crippen LogP contribution in [0.2, 0.25) is 0 Å². The van der Waals surface area contributed by atoms with Crippen molar-refractivity contribution in [2.75, 3.05) is 5.32 Å². The first-order chi connectivity index (χ1) is 11.1. The fraction of sp³-hybridized carbons (Fsp3) is 0.133. The topological polar surface area (TPSA) is 110 Å². The molecule has 0 radical (unpaired) electrons. The highest BCUT2D eigenvalue weighted by atomic mass is 16.4. The Labute approximate surface area is 130 Å². The smallest absolute Gasteiger partial charge is 0.305 e. The van der Waals surface area contributed by atoms with Gasteiger partial charge < -0.3 is 15.0 Å². The number of aromatic nitrogens is 4. The van der Waals surface area contributed by atoms with E-state index in [0.717, 1.165) is 0 Å². The van der Waals surface area contributed by atoms with Gasteiger partial charge in [0.25, 0.3) is 5.91 Å². The summed E-state index contributed by atoms with van der Waals surface area (Å²) in [5, 5.41) is 11.5. The van der Waals surface area contributed by atoms with Crippen molar-refractivity contribution in [3.63, 3.8) is 0 Å². The molecule has 0 saturated heterocycles. The van der Waals surface area contributed by atoms with Crippen molar-refractivity contribution in [2.45, 2.75) is 13.0 Å². The highest BCUT2D eigenvalue weighted by molar-refractivity contribution is 6.06. The van der Waals surface area contributed by atoms with Crippen molar-refractivity contribution in [2.24, 2.45) is 0 Å². The Morgan fingerprint density at radius 3 is 2.65 bits per heavy atom. The summed E-state index contributed by atoms with van der Waals surface area (Å²) in [7, 11) is 0. The first kappa shape index (κ1) is 14.6. The number of anilines is 1. The molecular formula is C15H13N5O3. The zero-order chi connectivity index (χ0) is 16.2. The maximum Gasteiger partial charge on any atom is 0.305 e. The number of carbonyl (C=O) groups excluding carboxylic acids is 1. The van der Waals surface area contributed by atoms with Crippen molar-refractivity contribution in [1.29, 1.82) is 0 Å². The molecule has 8 heteroatoms. The Hall–Kier alpha value is -3.29. The molecule has 0 bridgehead atoms. The van der Waals surface area contributed by atoms with Gasteiger partial charge in [-0.2, -0.15) is 0 Å². The van der Waals surface area contributed by atoms with E-state index >= 15 is 0 Å². The molecule has 0 unspecified atom stereocenters. The second kappa shape index (κ2) is 6.22. The Morgan fingerprint density at radius 1 is 1.13 bits per heavy atom. The molecule has 0 aliphatic heterocycles. The first-order valence-electron chi connectivity index (χ1n) is 6.89. The van der Waals surface area contributed by atoms with Crippen LogP contribution in [-0.2, 0) is 11.3 Å². The van der Waals surface area contributed by atoms with Crippen LogP contribution in [0.15, 0.2) is 43.0 Å². The number of hydrogen-bond acceptors (Lipinski definition) is 5. The zero-order valence-electron chi connectivity index (χ0n) is 12.0. The molecule has 2 heterocycles. The van der Waals surface area contributed by atoms with E-state index in [1.807, 2.05) is 6.07 Å². The lowest BCUT2D eigenvalue weighted by atomic mass is 10.2. The Balaban J connectivity index is 1.87. The van der Waals surface area contributed by atoms with E-state index in [9.17, 15) is 9.59 Å². The van der Waals surface area contributed by atoms with Gasteiger partial charge in [-0.25, -0.2) is 15.0 Å². The van der Waals surface area contributed by atoms with E-state index in [4.69, 9.17) is 5.11 Å². The fourth-order valence-electron chi connectivity index (χ4n) is 2.12. The number of hydrogen-bond donors (Lipinski definition) is 2. The van der Waals surface area contributed by atoms with Crippen molar-refractivity contribution in [3.05, 3.63) is 48.5 Å². The van der Waals surface area contributed by atoms with Crippen molar-refractivity contribution < 1.29 is 14.7 Å². The van der Waals surface area contributed by atoms with Crippen LogP contribution in [0.1, 0.15) is 16.8 Å². The molecule has 0 fully saturated rings. The van der Waals surface area contributed by atoms with Crippen LogP contribution in [0.5, 0.6) is 0 Å². The molecule has 0 atom stereocenters. The zero-order valence-corrected chi connectivity index (χ0v) is 12.0. The lowest BCUT2D eigenvalue weighted by Crippen LogP contribution is -2.13. The Morgan fingerprint density at radius 2 is 1.91 bits per heavy atom. The number of fused-ring (bicyclic) bond motifs is 1. The molecule has 0 aliphatic rings. The van der Waals surface area contributed by atoms with E-state index in [0.29, 0.717) is 16.7 Å². The number of carboxylic acids is 1. The highest BCUT2D eigenvalue weighted by Crippen LogP contribution is 2.18. The second-order valence-electron chi connectivity index (χ2n) is 4.80. The van der Waals surface area contributed by atoms with E-state index in [1.54, 1.807) is 28.8 Å². The number of nitrogens with one attached hydrogen (secondary N) is 1. The average Bonchev–Trinajstić information content (AvgIpc) is 2.98. The molecular weight excluding hydrogens is 298 g/mol. The van der Waals surface area contributed by atoms with Crippen molar-refractivity contribution in [1.82, 2.24) is 19.5 Å². The minimum atomic E-state index is -0.904. The van der Waals surface area contributed by atoms with Crippen LogP contribution in [0.4, 0.5) is 5.82 Å². The third-order valence-corrected chi connectivity index (χ3v) is 3.24. The average molecular weight is 311 g/mol. The lowest BCUT2D eigenvalue weighted by Gasteiger charge is -2.05. The maximum absolute atomic E-state index is 12.2. The Bertz CT molecular complexity index is 860. The molecule has 116 valence electrons. The third-order valence-electron chi connectivity index (χ3n) is 3.24. The summed E-state index contributed by atoms with van der Waals surface area (Å²) in [5.41, 5.74) is 1.40. The number of benzene rings is 1. The molecule has 3 rings (SSSR count). The SMILES string of the molecule is O=C(O)CCn1cnc2c(NC(=O)c3ccccc3)ncnc21. The molecule has 2 aromatic heterocycles. The van der Waals surface area contributed by atoms with Crippen LogP contribution in [0.25, 0.3) is 11.2 Å². The van der Waals surface area contributed by atoms with Gasteiger partial charge in [0.1, 0.15) is 6.33 Å². The molecule has 1 aromatic carbocycles. The summed E-state index contributed by atoms with van der Waals surface area (Å²) < 4.78 is 1.61. The summed E-state index contributed by atoms with van der Waals surface area (Å²) in [6, 6.07) is 8.75. The first-order valence-corrected chi connectivity index (χ1v) is 6.89. The second-order valence-corrected chi connectivity index (χ2v) is 4.80. The van der Waals surface area contributed by atoms with Crippen LogP contribution < -0.4 is 5.32 Å². The van der Waals surface area contributed by atoms with Crippen LogP contribution in [0.3, 0.4) is 0 Å². The van der Waals surface area contributed by atoms with Crippen LogP contribution >= 0.6 is 0 Å². The highest BCUT2D eigenvalue weighted by Gasteiger charge is 2.13. The molecule has 0 saturated carbocycles. The molecule has 23 heavy (non-hydrogen) atoms. The van der Waals surface area contributed by atoms with Gasteiger partial charge in [-0.05, 0) is 12.1 Å². The summed E-state index contributed by atoms with van der Waals surface area (Å²) in [5.74, 6) is -0.915. The summed E-state index contributed by atoms with van der Waals surface area (Å²) in [4.78, 5) is 35.2. The van der Waals surface area contributed by atoms with Gasteiger partial charge in [-0.15, -0.1) is 0 Å². The minimum absolute atomic E-state index is 0.0405. The molecule has 2 N–H and O–H groups in total. The summed E-state index contributed by atoms with van der Waals surface area (Å²) in [6.45, 7) is 0.245. The quantitative estimate of drug-likeness (QED) is 0.739. The van der Waals surface area contributed by atoms with Gasteiger partial charge in [-0.3, -0.25) is 9.59 Å². The fourth-order valence-corrected chi connectivity index (χ4v) is 2.12. The number of amides is 1. The molecule has 1 amide bonds. The summed E-state index contributed by atoms with van der Waals surface area (Å²) >= 11 is 0. The van der Waals surface area contributed by atoms with Gasteiger partial charge in [-0.1, -0.05) is 18.2 Å². The standard InChI is InChI=1S/C15H13N5O3/c21-11(22)6-7-20-9-18-12-13(16-8-17-14(12)20)19-15(23)10-4-2-1-3-5-10/h1-5,8-9H,6-7H2,(H,21,22)(H,16,17,19,23). The number of aliphatic carboxylic acids is 1. The van der Waals surface area contributed by atoms with Gasteiger partial charge in [0.15, 0.2) is 17.0 Å². The van der Waals surface area contributed by atoms with E-state index in [1.165, 1.54) is 12.7 Å². The molecule has 8 nitrogen and oxygen atoms in total. The predicted molar refractivity (Wildman–Crippen MR) is 82.0 cm³/mol. The number of aryl methyl sites for hydroxylation is 1. The normalized spacial score (nSPS) is 10.6. The van der Waals surface area contributed by atoms with E-state index in [2.05, 4.69) is 20.3 Å². The van der Waals surface area contributed by atoms with Crippen LogP contribution in [0, 0.1) is 0 Å². The number of nitrogens with zero attached hydrogens (tertiary/aromatic N) is 4. The van der Waals surface area contributed by atoms with E-state index < -0.39 is 5.97 Å². The summed E-state index contributed by atoms with van der Waals surface area (Å²) in [6.07, 6.45) is 2.75. The monoisotopic (exact) mass is 311 g/mol.